The van der Waals surface area contributed by atoms with Gasteiger partial charge >= 0.3 is 5.97 Å². The second-order valence-electron chi connectivity index (χ2n) is 5.78. The molecule has 0 saturated carbocycles. The molecule has 0 aromatic rings. The number of ether oxygens (including phenoxy) is 2. The number of nitrogens with zero attached hydrogens (tertiary/aromatic N) is 1. The lowest BCUT2D eigenvalue weighted by Gasteiger charge is -2.33. The zero-order chi connectivity index (χ0) is 14.3. The second-order valence-corrected chi connectivity index (χ2v) is 5.78. The van der Waals surface area contributed by atoms with Crippen molar-refractivity contribution in [3.05, 3.63) is 0 Å². The van der Waals surface area contributed by atoms with E-state index in [2.05, 4.69) is 4.90 Å². The monoisotopic (exact) mass is 272 g/mol. The van der Waals surface area contributed by atoms with E-state index >= 15 is 0 Å². The average molecular weight is 272 g/mol. The fourth-order valence-corrected chi connectivity index (χ4v) is 2.73. The Kier molecular flexibility index (Phi) is 6.75. The van der Waals surface area contributed by atoms with Crippen LogP contribution >= 0.6 is 0 Å². The number of esters is 1. The number of methoxy groups -OCH3 is 2. The smallest absolute Gasteiger partial charge is 0.325 e. The number of carbonyl (C=O) groups excluding carboxylic acids is 1. The standard InChI is InChI=1S/C14H28N2O3/c1-14(15,13(17)19-3)7-5-9-16-8-4-6-12(10-16)11-18-2/h12H,4-11,15H2,1-3H3. The van der Waals surface area contributed by atoms with Crippen LogP contribution in [0.25, 0.3) is 0 Å². The van der Waals surface area contributed by atoms with Crippen LogP contribution in [0.4, 0.5) is 0 Å². The summed E-state index contributed by atoms with van der Waals surface area (Å²) < 4.78 is 9.94. The van der Waals surface area contributed by atoms with Crippen LogP contribution in [0.5, 0.6) is 0 Å². The molecule has 5 heteroatoms. The summed E-state index contributed by atoms with van der Waals surface area (Å²) in [5.74, 6) is 0.312. The fourth-order valence-electron chi connectivity index (χ4n) is 2.73. The minimum atomic E-state index is -0.865. The summed E-state index contributed by atoms with van der Waals surface area (Å²) in [5.41, 5.74) is 5.08. The Morgan fingerprint density at radius 1 is 1.47 bits per heavy atom. The zero-order valence-electron chi connectivity index (χ0n) is 12.5. The van der Waals surface area contributed by atoms with Gasteiger partial charge in [0.05, 0.1) is 13.7 Å². The normalized spacial score (nSPS) is 23.9. The van der Waals surface area contributed by atoms with E-state index in [-0.39, 0.29) is 5.97 Å². The van der Waals surface area contributed by atoms with Gasteiger partial charge in [0.15, 0.2) is 0 Å². The Hall–Kier alpha value is -0.650. The van der Waals surface area contributed by atoms with Crippen molar-refractivity contribution < 1.29 is 14.3 Å². The molecule has 0 radical (unpaired) electrons. The molecule has 2 N–H and O–H groups in total. The maximum atomic E-state index is 11.5. The summed E-state index contributed by atoms with van der Waals surface area (Å²) in [6.07, 6.45) is 4.05. The minimum Gasteiger partial charge on any atom is -0.468 e. The lowest BCUT2D eigenvalue weighted by molar-refractivity contribution is -0.146. The van der Waals surface area contributed by atoms with Crippen LogP contribution < -0.4 is 5.73 Å². The Balaban J connectivity index is 2.27. The molecule has 0 aromatic heterocycles. The number of hydrogen-bond acceptors (Lipinski definition) is 5. The highest BCUT2D eigenvalue weighted by Gasteiger charge is 2.29. The van der Waals surface area contributed by atoms with Crippen molar-refractivity contribution in [3.8, 4) is 0 Å². The fraction of sp³-hybridized carbons (Fsp3) is 0.929. The van der Waals surface area contributed by atoms with Crippen molar-refractivity contribution in [2.45, 2.75) is 38.1 Å². The molecule has 0 bridgehead atoms. The average Bonchev–Trinajstić information content (AvgIpc) is 2.38. The number of hydrogen-bond donors (Lipinski definition) is 1. The number of likely N-dealkylation sites (tertiary alicyclic amines) is 1. The van der Waals surface area contributed by atoms with Gasteiger partial charge in [-0.05, 0) is 51.6 Å². The summed E-state index contributed by atoms with van der Waals surface area (Å²) in [4.78, 5) is 13.9. The SMILES string of the molecule is COCC1CCCN(CCCC(C)(N)C(=O)OC)C1. The molecule has 0 spiro atoms. The van der Waals surface area contributed by atoms with Gasteiger partial charge in [-0.15, -0.1) is 0 Å². The molecule has 1 aliphatic rings. The van der Waals surface area contributed by atoms with Crippen LogP contribution in [0, 0.1) is 5.92 Å². The topological polar surface area (TPSA) is 64.8 Å². The molecule has 0 aromatic carbocycles. The molecule has 2 atom stereocenters. The molecule has 2 unspecified atom stereocenters. The van der Waals surface area contributed by atoms with Crippen LogP contribution in [0.15, 0.2) is 0 Å². The van der Waals surface area contributed by atoms with Gasteiger partial charge in [-0.1, -0.05) is 0 Å². The number of piperidine rings is 1. The van der Waals surface area contributed by atoms with Gasteiger partial charge in [0, 0.05) is 13.7 Å². The molecule has 1 heterocycles. The summed E-state index contributed by atoms with van der Waals surface area (Å²) in [6.45, 7) is 5.80. The molecule has 1 rings (SSSR count). The molecule has 5 nitrogen and oxygen atoms in total. The van der Waals surface area contributed by atoms with Gasteiger partial charge in [-0.25, -0.2) is 0 Å². The van der Waals surface area contributed by atoms with Crippen LogP contribution in [-0.4, -0.2) is 56.9 Å². The van der Waals surface area contributed by atoms with Gasteiger partial charge < -0.3 is 20.1 Å². The number of nitrogens with two attached hydrogens (primary N) is 1. The predicted molar refractivity (Wildman–Crippen MR) is 74.9 cm³/mol. The van der Waals surface area contributed by atoms with E-state index in [0.29, 0.717) is 12.3 Å². The lowest BCUT2D eigenvalue weighted by Crippen LogP contribution is -2.46. The van der Waals surface area contributed by atoms with E-state index in [1.807, 2.05) is 0 Å². The Morgan fingerprint density at radius 2 is 2.21 bits per heavy atom. The van der Waals surface area contributed by atoms with E-state index < -0.39 is 5.54 Å². The molecular weight excluding hydrogens is 244 g/mol. The van der Waals surface area contributed by atoms with E-state index in [0.717, 1.165) is 32.7 Å². The molecular formula is C14H28N2O3. The summed E-state index contributed by atoms with van der Waals surface area (Å²) in [7, 11) is 3.14. The molecule has 1 fully saturated rings. The number of rotatable bonds is 7. The largest absolute Gasteiger partial charge is 0.468 e. The Labute approximate surface area is 116 Å². The Morgan fingerprint density at radius 3 is 2.84 bits per heavy atom. The van der Waals surface area contributed by atoms with Gasteiger partial charge in [0.1, 0.15) is 5.54 Å². The quantitative estimate of drug-likeness (QED) is 0.701. The first kappa shape index (κ1) is 16.4. The Bertz CT molecular complexity index is 280. The summed E-state index contributed by atoms with van der Waals surface area (Å²) >= 11 is 0. The van der Waals surface area contributed by atoms with E-state index in [1.54, 1.807) is 14.0 Å². The summed E-state index contributed by atoms with van der Waals surface area (Å²) in [5, 5.41) is 0. The molecule has 112 valence electrons. The molecule has 0 aliphatic carbocycles. The highest BCUT2D eigenvalue weighted by molar-refractivity contribution is 5.79. The first-order chi connectivity index (χ1) is 8.99. The van der Waals surface area contributed by atoms with Gasteiger partial charge in [-0.2, -0.15) is 0 Å². The molecule has 0 amide bonds. The number of carbonyl (C=O) groups is 1. The third-order valence-corrected chi connectivity index (χ3v) is 3.83. The lowest BCUT2D eigenvalue weighted by atomic mass is 9.95. The van der Waals surface area contributed by atoms with Crippen LogP contribution in [0.2, 0.25) is 0 Å². The second kappa shape index (κ2) is 7.82. The molecule has 1 aliphatic heterocycles. The van der Waals surface area contributed by atoms with Crippen molar-refractivity contribution >= 4 is 5.97 Å². The highest BCUT2D eigenvalue weighted by atomic mass is 16.5. The minimum absolute atomic E-state index is 0.330. The van der Waals surface area contributed by atoms with Gasteiger partial charge in [-0.3, -0.25) is 4.79 Å². The third-order valence-electron chi connectivity index (χ3n) is 3.83. The predicted octanol–water partition coefficient (Wildman–Crippen LogP) is 1.02. The zero-order valence-corrected chi connectivity index (χ0v) is 12.5. The van der Waals surface area contributed by atoms with Crippen LogP contribution in [-0.2, 0) is 14.3 Å². The van der Waals surface area contributed by atoms with Crippen molar-refractivity contribution in [2.75, 3.05) is 40.5 Å². The van der Waals surface area contributed by atoms with Gasteiger partial charge in [0.2, 0.25) is 0 Å². The molecule has 1 saturated heterocycles. The van der Waals surface area contributed by atoms with Crippen molar-refractivity contribution in [1.82, 2.24) is 4.90 Å². The highest BCUT2D eigenvalue weighted by Crippen LogP contribution is 2.18. The summed E-state index contributed by atoms with van der Waals surface area (Å²) in [6, 6.07) is 0. The van der Waals surface area contributed by atoms with Crippen LogP contribution in [0.1, 0.15) is 32.6 Å². The van der Waals surface area contributed by atoms with Gasteiger partial charge in [0.25, 0.3) is 0 Å². The maximum Gasteiger partial charge on any atom is 0.325 e. The maximum absolute atomic E-state index is 11.5. The van der Waals surface area contributed by atoms with E-state index in [1.165, 1.54) is 20.0 Å². The van der Waals surface area contributed by atoms with E-state index in [9.17, 15) is 4.79 Å². The van der Waals surface area contributed by atoms with Crippen LogP contribution in [0.3, 0.4) is 0 Å². The van der Waals surface area contributed by atoms with Crippen molar-refractivity contribution in [2.24, 2.45) is 11.7 Å². The third kappa shape index (κ3) is 5.47. The van der Waals surface area contributed by atoms with E-state index in [4.69, 9.17) is 15.2 Å². The van der Waals surface area contributed by atoms with Crippen molar-refractivity contribution in [1.29, 1.82) is 0 Å². The molecule has 19 heavy (non-hydrogen) atoms. The van der Waals surface area contributed by atoms with Crippen molar-refractivity contribution in [3.63, 3.8) is 0 Å². The first-order valence-corrected chi connectivity index (χ1v) is 7.08. The first-order valence-electron chi connectivity index (χ1n) is 7.08.